The number of hydrogen-bond donors (Lipinski definition) is 0. The Morgan fingerprint density at radius 2 is 0.857 bits per heavy atom. The fourth-order valence-electron chi connectivity index (χ4n) is 1.15. The van der Waals surface area contributed by atoms with Crippen molar-refractivity contribution in [3.05, 3.63) is 70.8 Å². The monoisotopic (exact) mass is 463 g/mol. The van der Waals surface area contributed by atoms with Crippen molar-refractivity contribution >= 4 is 8.07 Å². The van der Waals surface area contributed by atoms with Gasteiger partial charge in [-0.2, -0.15) is 0 Å². The smallest absolute Gasteiger partial charge is 0.0466 e. The van der Waals surface area contributed by atoms with Crippen molar-refractivity contribution in [1.82, 2.24) is 0 Å². The standard InChI is InChI=1S/2C5H5.C4H8O.C4H11Si.Yb/c3*1-2-4-5-3-1;1-5(2,3)4;/h2*1-5H;1-4H2;1H2,2-4H3;/q;;;-1;. The molecule has 0 unspecified atom stereocenters. The van der Waals surface area contributed by atoms with Crippen molar-refractivity contribution in [2.75, 3.05) is 13.2 Å². The second kappa shape index (κ2) is 18.0. The van der Waals surface area contributed by atoms with Crippen molar-refractivity contribution in [1.29, 1.82) is 0 Å². The Labute approximate surface area is 174 Å². The first kappa shape index (κ1) is 24.9. The minimum atomic E-state index is -0.861. The molecule has 3 heteroatoms. The van der Waals surface area contributed by atoms with E-state index in [2.05, 4.69) is 26.2 Å². The molecule has 3 fully saturated rings. The zero-order chi connectivity index (χ0) is 15.1. The third kappa shape index (κ3) is 30.2. The Balaban J connectivity index is 0. The Morgan fingerprint density at radius 1 is 0.667 bits per heavy atom. The molecule has 0 aromatic heterocycles. The second-order valence-corrected chi connectivity index (χ2v) is 10.9. The Kier molecular flexibility index (Phi) is 21.4. The molecule has 1 heterocycles. The Bertz CT molecular complexity index is 128. The van der Waals surface area contributed by atoms with Crippen LogP contribution in [-0.4, -0.2) is 21.3 Å². The van der Waals surface area contributed by atoms with Crippen LogP contribution in [0.5, 0.6) is 0 Å². The maximum Gasteiger partial charge on any atom is 0.0466 e. The molecule has 2 aliphatic carbocycles. The van der Waals surface area contributed by atoms with Crippen molar-refractivity contribution < 1.29 is 51.7 Å². The van der Waals surface area contributed by atoms with Gasteiger partial charge in [0.25, 0.3) is 0 Å². The van der Waals surface area contributed by atoms with E-state index in [1.807, 2.05) is 64.2 Å². The summed E-state index contributed by atoms with van der Waals surface area (Å²) in [5.41, 5.74) is 0. The average molecular weight is 463 g/mol. The van der Waals surface area contributed by atoms with Gasteiger partial charge in [-0.1, -0.05) is 19.6 Å². The van der Waals surface area contributed by atoms with E-state index in [1.165, 1.54) is 12.8 Å². The van der Waals surface area contributed by atoms with Crippen molar-refractivity contribution in [3.8, 4) is 0 Å². The zero-order valence-electron chi connectivity index (χ0n) is 13.5. The van der Waals surface area contributed by atoms with Crippen LogP contribution in [0.1, 0.15) is 12.8 Å². The van der Waals surface area contributed by atoms with Crippen molar-refractivity contribution in [3.63, 3.8) is 0 Å². The van der Waals surface area contributed by atoms with Crippen LogP contribution >= 0.6 is 0 Å². The largest absolute Gasteiger partial charge is 0.381 e. The minimum Gasteiger partial charge on any atom is -0.381 e. The molecule has 3 aliphatic rings. The van der Waals surface area contributed by atoms with Gasteiger partial charge >= 0.3 is 0 Å². The van der Waals surface area contributed by atoms with Crippen LogP contribution in [0.15, 0.2) is 0 Å². The van der Waals surface area contributed by atoms with Gasteiger partial charge in [0, 0.05) is 60.1 Å². The van der Waals surface area contributed by atoms with Crippen LogP contribution in [0, 0.1) is 118 Å². The topological polar surface area (TPSA) is 9.23 Å². The maximum atomic E-state index is 4.94. The molecule has 10 radical (unpaired) electrons. The van der Waals surface area contributed by atoms with E-state index in [9.17, 15) is 0 Å². The van der Waals surface area contributed by atoms with Crippen LogP contribution in [0.2, 0.25) is 19.6 Å². The molecular formula is C18H29OSiYb-. The zero-order valence-corrected chi connectivity index (χ0v) is 16.2. The molecular weight excluding hydrogens is 433 g/mol. The molecule has 0 aromatic rings. The summed E-state index contributed by atoms with van der Waals surface area (Å²) < 4.78 is 4.94. The molecule has 0 amide bonds. The van der Waals surface area contributed by atoms with E-state index < -0.39 is 8.07 Å². The molecule has 3 rings (SSSR count). The van der Waals surface area contributed by atoms with E-state index >= 15 is 0 Å². The van der Waals surface area contributed by atoms with Crippen molar-refractivity contribution in [2.45, 2.75) is 32.5 Å². The maximum absolute atomic E-state index is 4.94. The molecule has 0 N–H and O–H groups in total. The molecule has 1 saturated heterocycles. The second-order valence-electron chi connectivity index (χ2n) is 5.80. The fourth-order valence-corrected chi connectivity index (χ4v) is 1.15. The molecule has 126 valence electrons. The van der Waals surface area contributed by atoms with Gasteiger partial charge in [0.2, 0.25) is 0 Å². The van der Waals surface area contributed by atoms with Crippen LogP contribution < -0.4 is 0 Å². The molecule has 2 saturated carbocycles. The molecule has 21 heavy (non-hydrogen) atoms. The predicted octanol–water partition coefficient (Wildman–Crippen LogP) is 4.54. The number of ether oxygens (including phenoxy) is 1. The first-order valence-corrected chi connectivity index (χ1v) is 11.0. The normalized spacial score (nSPS) is 20.0. The van der Waals surface area contributed by atoms with Gasteiger partial charge in [-0.15, -0.1) is 8.07 Å². The molecule has 1 aliphatic heterocycles. The van der Waals surface area contributed by atoms with Gasteiger partial charge < -0.3 is 11.3 Å². The van der Waals surface area contributed by atoms with Gasteiger partial charge in [0.1, 0.15) is 0 Å². The molecule has 1 nitrogen and oxygen atoms in total. The average Bonchev–Trinajstić information content (AvgIpc) is 3.17. The summed E-state index contributed by atoms with van der Waals surface area (Å²) in [6.07, 6.45) is 22.6. The number of hydrogen-bond acceptors (Lipinski definition) is 1. The SMILES string of the molecule is C1CCOC1.[CH2-][Si](C)(C)C.[CH]1[CH][CH][CH][CH]1.[CH]1[CH][CH][CH][CH]1.[Yb]. The van der Waals surface area contributed by atoms with E-state index in [0.717, 1.165) is 13.2 Å². The molecule has 0 spiro atoms. The molecule has 0 bridgehead atoms. The summed E-state index contributed by atoms with van der Waals surface area (Å²) >= 11 is 0. The summed E-state index contributed by atoms with van der Waals surface area (Å²) in [4.78, 5) is 0. The van der Waals surface area contributed by atoms with Crippen LogP contribution in [0.25, 0.3) is 0 Å². The summed E-state index contributed by atoms with van der Waals surface area (Å²) in [6, 6.07) is 0. The van der Waals surface area contributed by atoms with E-state index in [-0.39, 0.29) is 46.9 Å². The van der Waals surface area contributed by atoms with Gasteiger partial charge in [-0.25, -0.2) is 0 Å². The molecule has 0 aromatic carbocycles. The van der Waals surface area contributed by atoms with Gasteiger partial charge in [0.15, 0.2) is 0 Å². The van der Waals surface area contributed by atoms with Crippen LogP contribution in [0.4, 0.5) is 0 Å². The van der Waals surface area contributed by atoms with Crippen LogP contribution in [-0.2, 0) is 4.74 Å². The summed E-state index contributed by atoms with van der Waals surface area (Å²) in [5.74, 6) is 0. The van der Waals surface area contributed by atoms with E-state index in [1.54, 1.807) is 0 Å². The van der Waals surface area contributed by atoms with Crippen molar-refractivity contribution in [2.24, 2.45) is 0 Å². The summed E-state index contributed by atoms with van der Waals surface area (Å²) in [5, 5.41) is 0. The van der Waals surface area contributed by atoms with E-state index in [0.29, 0.717) is 0 Å². The van der Waals surface area contributed by atoms with E-state index in [4.69, 9.17) is 4.74 Å². The fraction of sp³-hybridized carbons (Fsp3) is 0.389. The first-order valence-electron chi connectivity index (χ1n) is 7.26. The summed E-state index contributed by atoms with van der Waals surface area (Å²) in [7, 11) is -0.861. The quantitative estimate of drug-likeness (QED) is 0.380. The third-order valence-electron chi connectivity index (χ3n) is 1.94. The Hall–Kier alpha value is 1.70. The van der Waals surface area contributed by atoms with Gasteiger partial charge in [-0.05, 0) is 77.0 Å². The summed E-state index contributed by atoms with van der Waals surface area (Å²) in [6.45, 7) is 12.6. The molecule has 0 atom stereocenters. The third-order valence-corrected chi connectivity index (χ3v) is 1.94. The van der Waals surface area contributed by atoms with Gasteiger partial charge in [-0.3, -0.25) is 0 Å². The Morgan fingerprint density at radius 3 is 0.952 bits per heavy atom. The van der Waals surface area contributed by atoms with Crippen LogP contribution in [0.3, 0.4) is 0 Å². The first-order chi connectivity index (χ1) is 9.50. The van der Waals surface area contributed by atoms with Gasteiger partial charge in [0.05, 0.1) is 0 Å². The minimum absolute atomic E-state index is 0. The predicted molar refractivity (Wildman–Crippen MR) is 91.8 cm³/mol. The number of rotatable bonds is 0.